The van der Waals surface area contributed by atoms with E-state index in [1.54, 1.807) is 7.11 Å². The smallest absolute Gasteiger partial charge is 0.119 e. The summed E-state index contributed by atoms with van der Waals surface area (Å²) in [6, 6.07) is 8.14. The van der Waals surface area contributed by atoms with Crippen molar-refractivity contribution < 1.29 is 4.74 Å². The molecular weight excluding hydrogens is 224 g/mol. The molecule has 1 heterocycles. The quantitative estimate of drug-likeness (QED) is 0.888. The van der Waals surface area contributed by atoms with Gasteiger partial charge in [0.05, 0.1) is 7.11 Å². The van der Waals surface area contributed by atoms with Gasteiger partial charge in [0, 0.05) is 25.7 Å². The highest BCUT2D eigenvalue weighted by atomic mass is 16.5. The van der Waals surface area contributed by atoms with E-state index < -0.39 is 0 Å². The molecule has 0 spiro atoms. The van der Waals surface area contributed by atoms with E-state index in [0.717, 1.165) is 29.7 Å². The van der Waals surface area contributed by atoms with Crippen molar-refractivity contribution in [2.75, 3.05) is 26.7 Å². The van der Waals surface area contributed by atoms with Crippen LogP contribution in [0.3, 0.4) is 0 Å². The van der Waals surface area contributed by atoms with Gasteiger partial charge >= 0.3 is 0 Å². The van der Waals surface area contributed by atoms with Crippen LogP contribution < -0.4 is 10.5 Å². The Kier molecular flexibility index (Phi) is 4.25. The number of likely N-dealkylation sites (tertiary alicyclic amines) is 1. The number of methoxy groups -OCH3 is 1. The summed E-state index contributed by atoms with van der Waals surface area (Å²) in [6.45, 7) is 7.91. The highest BCUT2D eigenvalue weighted by Gasteiger charge is 2.27. The zero-order chi connectivity index (χ0) is 13.1. The van der Waals surface area contributed by atoms with Crippen molar-refractivity contribution in [2.24, 2.45) is 17.6 Å². The maximum absolute atomic E-state index is 6.29. The average molecular weight is 248 g/mol. The molecule has 3 unspecified atom stereocenters. The van der Waals surface area contributed by atoms with Gasteiger partial charge in [-0.1, -0.05) is 26.0 Å². The summed E-state index contributed by atoms with van der Waals surface area (Å²) in [7, 11) is 1.69. The summed E-state index contributed by atoms with van der Waals surface area (Å²) >= 11 is 0. The minimum Gasteiger partial charge on any atom is -0.497 e. The molecule has 100 valence electrons. The molecule has 2 rings (SSSR count). The van der Waals surface area contributed by atoms with Gasteiger partial charge < -0.3 is 15.4 Å². The Hall–Kier alpha value is -1.06. The first-order valence-electron chi connectivity index (χ1n) is 6.72. The molecule has 0 aromatic heterocycles. The van der Waals surface area contributed by atoms with E-state index in [1.807, 2.05) is 18.2 Å². The van der Waals surface area contributed by atoms with Crippen LogP contribution in [0.5, 0.6) is 5.75 Å². The molecule has 1 aliphatic rings. The van der Waals surface area contributed by atoms with Crippen LogP contribution in [-0.2, 0) is 0 Å². The Morgan fingerprint density at radius 2 is 2.00 bits per heavy atom. The molecule has 0 bridgehead atoms. The van der Waals surface area contributed by atoms with Gasteiger partial charge in [0.25, 0.3) is 0 Å². The molecule has 0 aliphatic carbocycles. The van der Waals surface area contributed by atoms with Gasteiger partial charge in [-0.25, -0.2) is 0 Å². The number of nitrogens with zero attached hydrogens (tertiary/aromatic N) is 1. The third kappa shape index (κ3) is 3.03. The van der Waals surface area contributed by atoms with Gasteiger partial charge in [-0.2, -0.15) is 0 Å². The predicted octanol–water partition coefficient (Wildman–Crippen LogP) is 2.28. The molecule has 3 heteroatoms. The van der Waals surface area contributed by atoms with E-state index in [-0.39, 0.29) is 6.04 Å². The van der Waals surface area contributed by atoms with Crippen LogP contribution in [0.4, 0.5) is 0 Å². The van der Waals surface area contributed by atoms with Crippen LogP contribution in [0.15, 0.2) is 24.3 Å². The van der Waals surface area contributed by atoms with E-state index in [4.69, 9.17) is 10.5 Å². The Morgan fingerprint density at radius 3 is 2.61 bits per heavy atom. The van der Waals surface area contributed by atoms with Crippen molar-refractivity contribution in [1.82, 2.24) is 4.90 Å². The molecule has 0 radical (unpaired) electrons. The topological polar surface area (TPSA) is 38.5 Å². The second kappa shape index (κ2) is 5.72. The first-order valence-corrected chi connectivity index (χ1v) is 6.72. The lowest BCUT2D eigenvalue weighted by Gasteiger charge is -2.21. The Morgan fingerprint density at radius 1 is 1.33 bits per heavy atom. The molecule has 18 heavy (non-hydrogen) atoms. The largest absolute Gasteiger partial charge is 0.497 e. The van der Waals surface area contributed by atoms with E-state index in [1.165, 1.54) is 13.1 Å². The highest BCUT2D eigenvalue weighted by Crippen LogP contribution is 2.25. The number of rotatable bonds is 4. The molecule has 0 amide bonds. The molecule has 1 saturated heterocycles. The lowest BCUT2D eigenvalue weighted by atomic mass is 10.0. The second-order valence-corrected chi connectivity index (χ2v) is 5.56. The molecule has 0 saturated carbocycles. The maximum atomic E-state index is 6.29. The van der Waals surface area contributed by atoms with Crippen molar-refractivity contribution in [3.8, 4) is 5.75 Å². The molecule has 1 aromatic rings. The molecule has 1 aliphatic heterocycles. The number of nitrogens with two attached hydrogens (primary N) is 1. The fourth-order valence-corrected chi connectivity index (χ4v) is 2.65. The molecule has 3 atom stereocenters. The molecule has 1 aromatic carbocycles. The summed E-state index contributed by atoms with van der Waals surface area (Å²) in [4.78, 5) is 2.47. The zero-order valence-electron chi connectivity index (χ0n) is 11.6. The maximum Gasteiger partial charge on any atom is 0.119 e. The van der Waals surface area contributed by atoms with Crippen molar-refractivity contribution in [1.29, 1.82) is 0 Å². The number of hydrogen-bond donors (Lipinski definition) is 1. The summed E-state index contributed by atoms with van der Waals surface area (Å²) in [5, 5.41) is 0. The van der Waals surface area contributed by atoms with Gasteiger partial charge in [-0.05, 0) is 29.5 Å². The lowest BCUT2D eigenvalue weighted by molar-refractivity contribution is 0.302. The molecule has 3 nitrogen and oxygen atoms in total. The SMILES string of the molecule is COc1cccc(C(N)CN2CC(C)C(C)C2)c1. The minimum atomic E-state index is 0.0672. The monoisotopic (exact) mass is 248 g/mol. The van der Waals surface area contributed by atoms with Crippen LogP contribution in [0, 0.1) is 11.8 Å². The van der Waals surface area contributed by atoms with Crippen molar-refractivity contribution in [3.63, 3.8) is 0 Å². The summed E-state index contributed by atoms with van der Waals surface area (Å²) in [5.74, 6) is 2.44. The molecule has 2 N–H and O–H groups in total. The van der Waals surface area contributed by atoms with E-state index in [0.29, 0.717) is 0 Å². The Bertz CT molecular complexity index is 384. The second-order valence-electron chi connectivity index (χ2n) is 5.56. The van der Waals surface area contributed by atoms with Gasteiger partial charge in [-0.3, -0.25) is 0 Å². The molecule has 1 fully saturated rings. The Labute approximate surface area is 110 Å². The predicted molar refractivity (Wildman–Crippen MR) is 74.7 cm³/mol. The van der Waals surface area contributed by atoms with Crippen LogP contribution in [-0.4, -0.2) is 31.6 Å². The highest BCUT2D eigenvalue weighted by molar-refractivity contribution is 5.30. The minimum absolute atomic E-state index is 0.0672. The zero-order valence-corrected chi connectivity index (χ0v) is 11.6. The third-order valence-corrected chi connectivity index (χ3v) is 4.04. The standard InChI is InChI=1S/C15H24N2O/c1-11-8-17(9-12(11)2)10-15(16)13-5-4-6-14(7-13)18-3/h4-7,11-12,15H,8-10,16H2,1-3H3. The van der Waals surface area contributed by atoms with Crippen LogP contribution in [0.1, 0.15) is 25.5 Å². The average Bonchev–Trinajstić information content (AvgIpc) is 2.68. The van der Waals surface area contributed by atoms with Gasteiger partial charge in [0.2, 0.25) is 0 Å². The molecular formula is C15H24N2O. The van der Waals surface area contributed by atoms with E-state index in [9.17, 15) is 0 Å². The van der Waals surface area contributed by atoms with E-state index in [2.05, 4.69) is 24.8 Å². The fourth-order valence-electron chi connectivity index (χ4n) is 2.65. The van der Waals surface area contributed by atoms with Crippen LogP contribution in [0.2, 0.25) is 0 Å². The summed E-state index contributed by atoms with van der Waals surface area (Å²) in [6.07, 6.45) is 0. The van der Waals surface area contributed by atoms with Gasteiger partial charge in [0.15, 0.2) is 0 Å². The van der Waals surface area contributed by atoms with E-state index >= 15 is 0 Å². The Balaban J connectivity index is 1.97. The van der Waals surface area contributed by atoms with Gasteiger partial charge in [-0.15, -0.1) is 0 Å². The van der Waals surface area contributed by atoms with Crippen molar-refractivity contribution in [2.45, 2.75) is 19.9 Å². The van der Waals surface area contributed by atoms with Crippen LogP contribution in [0.25, 0.3) is 0 Å². The van der Waals surface area contributed by atoms with Crippen molar-refractivity contribution >= 4 is 0 Å². The number of ether oxygens (including phenoxy) is 1. The fraction of sp³-hybridized carbons (Fsp3) is 0.600. The first kappa shape index (κ1) is 13.4. The third-order valence-electron chi connectivity index (χ3n) is 4.04. The van der Waals surface area contributed by atoms with Crippen molar-refractivity contribution in [3.05, 3.63) is 29.8 Å². The lowest BCUT2D eigenvalue weighted by Crippen LogP contribution is -2.30. The van der Waals surface area contributed by atoms with Crippen LogP contribution >= 0.6 is 0 Å². The normalized spacial score (nSPS) is 26.2. The van der Waals surface area contributed by atoms with Gasteiger partial charge in [0.1, 0.15) is 5.75 Å². The number of benzene rings is 1. The number of hydrogen-bond acceptors (Lipinski definition) is 3. The summed E-state index contributed by atoms with van der Waals surface area (Å²) in [5.41, 5.74) is 7.45. The summed E-state index contributed by atoms with van der Waals surface area (Å²) < 4.78 is 5.24. The first-order chi connectivity index (χ1) is 8.60.